The number of alkyl halides is 3. The summed E-state index contributed by atoms with van der Waals surface area (Å²) in [5, 5.41) is 11.2. The minimum absolute atomic E-state index is 0.284. The van der Waals surface area contributed by atoms with Gasteiger partial charge in [0.1, 0.15) is 5.01 Å². The number of benzene rings is 1. The Morgan fingerprint density at radius 1 is 1.21 bits per heavy atom. The van der Waals surface area contributed by atoms with Crippen molar-refractivity contribution in [1.29, 1.82) is 0 Å². The number of carbonyl (C=O) groups excluding carboxylic acids is 1. The number of hydrogen-bond acceptors (Lipinski definition) is 4. The van der Waals surface area contributed by atoms with E-state index in [2.05, 4.69) is 15.5 Å². The lowest BCUT2D eigenvalue weighted by atomic mass is 10.2. The number of carbonyl (C=O) groups is 1. The SMILES string of the molecule is Cc1ccc(-c2nnc(NC(=O)C(Cl)(Cl)Cl)s2)cc1. The van der Waals surface area contributed by atoms with Gasteiger partial charge < -0.3 is 0 Å². The van der Waals surface area contributed by atoms with Crippen molar-refractivity contribution in [2.75, 3.05) is 5.32 Å². The molecule has 0 aliphatic carbocycles. The number of amides is 1. The Morgan fingerprint density at radius 3 is 2.42 bits per heavy atom. The molecule has 0 atom stereocenters. The molecule has 4 nitrogen and oxygen atoms in total. The fourth-order valence-electron chi connectivity index (χ4n) is 1.25. The zero-order chi connectivity index (χ0) is 14.0. The van der Waals surface area contributed by atoms with E-state index >= 15 is 0 Å². The van der Waals surface area contributed by atoms with Crippen LogP contribution in [0.2, 0.25) is 0 Å². The lowest BCUT2D eigenvalue weighted by Crippen LogP contribution is -2.26. The molecule has 8 heteroatoms. The second kappa shape index (κ2) is 5.63. The minimum Gasteiger partial charge on any atom is -0.297 e. The molecule has 0 radical (unpaired) electrons. The van der Waals surface area contributed by atoms with E-state index in [0.29, 0.717) is 5.01 Å². The van der Waals surface area contributed by atoms with Crippen LogP contribution < -0.4 is 5.32 Å². The summed E-state index contributed by atoms with van der Waals surface area (Å²) in [5.74, 6) is -0.760. The van der Waals surface area contributed by atoms with Gasteiger partial charge in [0, 0.05) is 5.56 Å². The Hall–Kier alpha value is -0.880. The van der Waals surface area contributed by atoms with Gasteiger partial charge in [0.25, 0.3) is 9.70 Å². The molecule has 0 saturated heterocycles. The molecule has 0 bridgehead atoms. The maximum atomic E-state index is 11.5. The number of aryl methyl sites for hydroxylation is 1. The van der Waals surface area contributed by atoms with Gasteiger partial charge in [-0.05, 0) is 6.92 Å². The fraction of sp³-hybridized carbons (Fsp3) is 0.182. The maximum Gasteiger partial charge on any atom is 0.278 e. The van der Waals surface area contributed by atoms with Crippen molar-refractivity contribution < 1.29 is 4.79 Å². The van der Waals surface area contributed by atoms with E-state index in [-0.39, 0.29) is 5.13 Å². The van der Waals surface area contributed by atoms with Crippen LogP contribution in [0.3, 0.4) is 0 Å². The Morgan fingerprint density at radius 2 is 1.84 bits per heavy atom. The Kier molecular flexibility index (Phi) is 4.30. The van der Waals surface area contributed by atoms with Gasteiger partial charge in [-0.15, -0.1) is 10.2 Å². The number of halogens is 3. The second-order valence-corrected chi connectivity index (χ2v) is 6.99. The van der Waals surface area contributed by atoms with Crippen molar-refractivity contribution in [3.8, 4) is 10.6 Å². The van der Waals surface area contributed by atoms with Crippen molar-refractivity contribution in [2.24, 2.45) is 0 Å². The van der Waals surface area contributed by atoms with E-state index in [4.69, 9.17) is 34.8 Å². The number of nitrogens with one attached hydrogen (secondary N) is 1. The molecule has 1 heterocycles. The van der Waals surface area contributed by atoms with E-state index in [0.717, 1.165) is 11.1 Å². The van der Waals surface area contributed by atoms with E-state index in [1.807, 2.05) is 31.2 Å². The van der Waals surface area contributed by atoms with Crippen LogP contribution in [0.1, 0.15) is 5.56 Å². The molecule has 1 aromatic heterocycles. The third-order valence-electron chi connectivity index (χ3n) is 2.20. The van der Waals surface area contributed by atoms with Crippen molar-refractivity contribution in [3.63, 3.8) is 0 Å². The van der Waals surface area contributed by atoms with Gasteiger partial charge in [0.05, 0.1) is 0 Å². The van der Waals surface area contributed by atoms with Crippen LogP contribution >= 0.6 is 46.1 Å². The predicted molar refractivity (Wildman–Crippen MR) is 79.0 cm³/mol. The highest BCUT2D eigenvalue weighted by atomic mass is 35.6. The minimum atomic E-state index is -2.02. The zero-order valence-electron chi connectivity index (χ0n) is 9.65. The highest BCUT2D eigenvalue weighted by molar-refractivity contribution is 7.18. The quantitative estimate of drug-likeness (QED) is 0.848. The lowest BCUT2D eigenvalue weighted by molar-refractivity contribution is -0.115. The first-order valence-corrected chi connectivity index (χ1v) is 7.10. The van der Waals surface area contributed by atoms with Gasteiger partial charge in [-0.3, -0.25) is 10.1 Å². The smallest absolute Gasteiger partial charge is 0.278 e. The third-order valence-corrected chi connectivity index (χ3v) is 3.60. The largest absolute Gasteiger partial charge is 0.297 e. The molecule has 0 spiro atoms. The van der Waals surface area contributed by atoms with Gasteiger partial charge >= 0.3 is 0 Å². The summed E-state index contributed by atoms with van der Waals surface area (Å²) in [4.78, 5) is 11.5. The molecule has 19 heavy (non-hydrogen) atoms. The van der Waals surface area contributed by atoms with Gasteiger partial charge in [-0.1, -0.05) is 76.0 Å². The van der Waals surface area contributed by atoms with Crippen LogP contribution in [-0.2, 0) is 4.79 Å². The third kappa shape index (κ3) is 3.79. The monoisotopic (exact) mass is 335 g/mol. The topological polar surface area (TPSA) is 54.9 Å². The highest BCUT2D eigenvalue weighted by Crippen LogP contribution is 2.30. The summed E-state index contributed by atoms with van der Waals surface area (Å²) in [6.07, 6.45) is 0. The van der Waals surface area contributed by atoms with E-state index in [1.165, 1.54) is 11.3 Å². The summed E-state index contributed by atoms with van der Waals surface area (Å²) in [6.45, 7) is 2.00. The van der Waals surface area contributed by atoms with Crippen molar-refractivity contribution in [1.82, 2.24) is 10.2 Å². The first kappa shape index (κ1) is 14.5. The maximum absolute atomic E-state index is 11.5. The van der Waals surface area contributed by atoms with Crippen LogP contribution in [0, 0.1) is 6.92 Å². The molecule has 2 rings (SSSR count). The summed E-state index contributed by atoms with van der Waals surface area (Å²) in [5.41, 5.74) is 2.07. The predicted octanol–water partition coefficient (Wildman–Crippen LogP) is 3.82. The van der Waals surface area contributed by atoms with Gasteiger partial charge in [0.2, 0.25) is 5.13 Å². The number of anilines is 1. The first-order valence-electron chi connectivity index (χ1n) is 5.15. The summed E-state index contributed by atoms with van der Waals surface area (Å²) in [7, 11) is 0. The standard InChI is InChI=1S/C11H8Cl3N3OS/c1-6-2-4-7(5-3-6)8-16-17-10(19-8)15-9(18)11(12,13)14/h2-5H,1H3,(H,15,17,18). The highest BCUT2D eigenvalue weighted by Gasteiger charge is 2.31. The van der Waals surface area contributed by atoms with E-state index in [1.54, 1.807) is 0 Å². The van der Waals surface area contributed by atoms with Gasteiger partial charge in [-0.25, -0.2) is 0 Å². The Labute approximate surface area is 128 Å². The number of aromatic nitrogens is 2. The average Bonchev–Trinajstić information content (AvgIpc) is 2.77. The lowest BCUT2D eigenvalue weighted by Gasteiger charge is -2.08. The van der Waals surface area contributed by atoms with E-state index in [9.17, 15) is 4.79 Å². The molecule has 0 unspecified atom stereocenters. The Balaban J connectivity index is 2.16. The molecular formula is C11H8Cl3N3OS. The summed E-state index contributed by atoms with van der Waals surface area (Å²) < 4.78 is -2.02. The average molecular weight is 337 g/mol. The summed E-state index contributed by atoms with van der Waals surface area (Å²) >= 11 is 17.6. The Bertz CT molecular complexity index is 592. The molecule has 2 aromatic rings. The second-order valence-electron chi connectivity index (χ2n) is 3.73. The fourth-order valence-corrected chi connectivity index (χ4v) is 2.14. The molecule has 1 N–H and O–H groups in total. The van der Waals surface area contributed by atoms with Crippen LogP contribution in [0.15, 0.2) is 24.3 Å². The number of hydrogen-bond donors (Lipinski definition) is 1. The van der Waals surface area contributed by atoms with Gasteiger partial charge in [-0.2, -0.15) is 0 Å². The van der Waals surface area contributed by atoms with Crippen LogP contribution in [-0.4, -0.2) is 19.9 Å². The van der Waals surface area contributed by atoms with Crippen molar-refractivity contribution >= 4 is 57.2 Å². The molecule has 1 aromatic carbocycles. The summed E-state index contributed by atoms with van der Waals surface area (Å²) in [6, 6.07) is 7.79. The molecule has 0 aliphatic heterocycles. The molecule has 0 saturated carbocycles. The molecule has 100 valence electrons. The molecular weight excluding hydrogens is 329 g/mol. The van der Waals surface area contributed by atoms with Crippen molar-refractivity contribution in [3.05, 3.63) is 29.8 Å². The molecule has 0 aliphatic rings. The van der Waals surface area contributed by atoms with E-state index < -0.39 is 9.70 Å². The number of nitrogens with zero attached hydrogens (tertiary/aromatic N) is 2. The molecule has 0 fully saturated rings. The van der Waals surface area contributed by atoms with Gasteiger partial charge in [0.15, 0.2) is 0 Å². The normalized spacial score (nSPS) is 11.4. The van der Waals surface area contributed by atoms with Crippen LogP contribution in [0.5, 0.6) is 0 Å². The van der Waals surface area contributed by atoms with Crippen LogP contribution in [0.25, 0.3) is 10.6 Å². The van der Waals surface area contributed by atoms with Crippen molar-refractivity contribution in [2.45, 2.75) is 10.7 Å². The first-order chi connectivity index (χ1) is 8.86. The van der Waals surface area contributed by atoms with Crippen LogP contribution in [0.4, 0.5) is 5.13 Å². The number of rotatable bonds is 2. The molecule has 1 amide bonds. The zero-order valence-corrected chi connectivity index (χ0v) is 12.7.